The molecule has 0 aromatic carbocycles. The maximum atomic E-state index is 12.2. The van der Waals surface area contributed by atoms with Crippen LogP contribution in [0.5, 0.6) is 0 Å². The number of likely N-dealkylation sites (N-methyl/N-ethyl adjacent to an activating group) is 1. The van der Waals surface area contributed by atoms with Crippen LogP contribution >= 0.6 is 0 Å². The van der Waals surface area contributed by atoms with E-state index in [1.165, 1.54) is 6.92 Å². The standard InChI is InChI=1S/C13H18N2O2/c1-4-12(10(3)16)15(5-2)13(17)11-8-6-7-9-14-11/h6-9,12H,4-5H2,1-3H3. The average molecular weight is 234 g/mol. The number of ketones is 1. The Kier molecular flexibility index (Phi) is 4.82. The zero-order valence-corrected chi connectivity index (χ0v) is 10.5. The van der Waals surface area contributed by atoms with Crippen molar-refractivity contribution in [3.63, 3.8) is 0 Å². The molecule has 0 spiro atoms. The summed E-state index contributed by atoms with van der Waals surface area (Å²) in [5.74, 6) is -0.172. The van der Waals surface area contributed by atoms with Crippen LogP contribution < -0.4 is 0 Å². The summed E-state index contributed by atoms with van der Waals surface area (Å²) in [5.41, 5.74) is 0.383. The summed E-state index contributed by atoms with van der Waals surface area (Å²) in [5, 5.41) is 0. The van der Waals surface area contributed by atoms with Gasteiger partial charge in [-0.05, 0) is 32.4 Å². The van der Waals surface area contributed by atoms with Gasteiger partial charge in [0, 0.05) is 12.7 Å². The Balaban J connectivity index is 2.95. The van der Waals surface area contributed by atoms with E-state index in [2.05, 4.69) is 4.98 Å². The summed E-state index contributed by atoms with van der Waals surface area (Å²) in [4.78, 5) is 29.3. The quantitative estimate of drug-likeness (QED) is 0.782. The highest BCUT2D eigenvalue weighted by Gasteiger charge is 2.25. The van der Waals surface area contributed by atoms with Crippen molar-refractivity contribution in [2.45, 2.75) is 33.2 Å². The Bertz CT molecular complexity index is 390. The zero-order valence-electron chi connectivity index (χ0n) is 10.5. The third-order valence-electron chi connectivity index (χ3n) is 2.72. The van der Waals surface area contributed by atoms with Crippen molar-refractivity contribution in [2.75, 3.05) is 6.54 Å². The number of carbonyl (C=O) groups excluding carboxylic acids is 2. The smallest absolute Gasteiger partial charge is 0.273 e. The minimum absolute atomic E-state index is 0.0126. The van der Waals surface area contributed by atoms with Crippen molar-refractivity contribution < 1.29 is 9.59 Å². The Labute approximate surface area is 102 Å². The molecule has 1 unspecified atom stereocenters. The third kappa shape index (κ3) is 3.12. The molecule has 1 aromatic heterocycles. The molecule has 1 heterocycles. The lowest BCUT2D eigenvalue weighted by molar-refractivity contribution is -0.121. The molecule has 92 valence electrons. The molecule has 0 aliphatic heterocycles. The van der Waals surface area contributed by atoms with Crippen molar-refractivity contribution in [3.8, 4) is 0 Å². The number of aromatic nitrogens is 1. The molecule has 0 aliphatic rings. The van der Waals surface area contributed by atoms with Gasteiger partial charge in [0.05, 0.1) is 6.04 Å². The fraction of sp³-hybridized carbons (Fsp3) is 0.462. The van der Waals surface area contributed by atoms with Crippen LogP contribution in [-0.2, 0) is 4.79 Å². The Hall–Kier alpha value is -1.71. The van der Waals surface area contributed by atoms with E-state index in [-0.39, 0.29) is 17.7 Å². The highest BCUT2D eigenvalue weighted by atomic mass is 16.2. The number of rotatable bonds is 5. The van der Waals surface area contributed by atoms with E-state index in [0.717, 1.165) is 0 Å². The van der Waals surface area contributed by atoms with Crippen LogP contribution in [0.3, 0.4) is 0 Å². The van der Waals surface area contributed by atoms with E-state index >= 15 is 0 Å². The molecular weight excluding hydrogens is 216 g/mol. The second-order valence-electron chi connectivity index (χ2n) is 3.84. The normalized spacial score (nSPS) is 11.9. The molecule has 1 amide bonds. The molecule has 0 saturated carbocycles. The van der Waals surface area contributed by atoms with Gasteiger partial charge in [-0.3, -0.25) is 14.6 Å². The lowest BCUT2D eigenvalue weighted by Gasteiger charge is -2.27. The molecule has 17 heavy (non-hydrogen) atoms. The fourth-order valence-corrected chi connectivity index (χ4v) is 1.87. The van der Waals surface area contributed by atoms with Gasteiger partial charge >= 0.3 is 0 Å². The second kappa shape index (κ2) is 6.13. The third-order valence-corrected chi connectivity index (χ3v) is 2.72. The van der Waals surface area contributed by atoms with E-state index in [0.29, 0.717) is 18.7 Å². The highest BCUT2D eigenvalue weighted by molar-refractivity contribution is 5.96. The number of nitrogens with zero attached hydrogens (tertiary/aromatic N) is 2. The summed E-state index contributed by atoms with van der Waals surface area (Å²) in [6.07, 6.45) is 2.21. The van der Waals surface area contributed by atoms with Gasteiger partial charge in [-0.1, -0.05) is 13.0 Å². The van der Waals surface area contributed by atoms with E-state index in [9.17, 15) is 9.59 Å². The van der Waals surface area contributed by atoms with Crippen LogP contribution in [0.15, 0.2) is 24.4 Å². The van der Waals surface area contributed by atoms with Gasteiger partial charge in [0.15, 0.2) is 5.78 Å². The van der Waals surface area contributed by atoms with Gasteiger partial charge in [0.25, 0.3) is 5.91 Å². The van der Waals surface area contributed by atoms with Crippen LogP contribution in [0, 0.1) is 0 Å². The first-order chi connectivity index (χ1) is 8.11. The van der Waals surface area contributed by atoms with Crippen LogP contribution in [0.25, 0.3) is 0 Å². The predicted molar refractivity (Wildman–Crippen MR) is 65.7 cm³/mol. The number of pyridine rings is 1. The minimum atomic E-state index is -0.352. The maximum absolute atomic E-state index is 12.2. The second-order valence-corrected chi connectivity index (χ2v) is 3.84. The molecular formula is C13H18N2O2. The highest BCUT2D eigenvalue weighted by Crippen LogP contribution is 2.10. The Morgan fingerprint density at radius 1 is 1.35 bits per heavy atom. The van der Waals surface area contributed by atoms with E-state index in [4.69, 9.17) is 0 Å². The van der Waals surface area contributed by atoms with Gasteiger partial charge in [0.1, 0.15) is 5.69 Å². The van der Waals surface area contributed by atoms with Crippen molar-refractivity contribution in [1.82, 2.24) is 9.88 Å². The number of hydrogen-bond donors (Lipinski definition) is 0. The van der Waals surface area contributed by atoms with Gasteiger partial charge < -0.3 is 4.90 Å². The minimum Gasteiger partial charge on any atom is -0.328 e. The van der Waals surface area contributed by atoms with E-state index < -0.39 is 0 Å². The van der Waals surface area contributed by atoms with E-state index in [1.54, 1.807) is 29.3 Å². The SMILES string of the molecule is CCC(C(C)=O)N(CC)C(=O)c1ccccn1. The number of amides is 1. The summed E-state index contributed by atoms with van der Waals surface area (Å²) in [6.45, 7) is 5.79. The molecule has 1 aromatic rings. The lowest BCUT2D eigenvalue weighted by atomic mass is 10.1. The van der Waals surface area contributed by atoms with Crippen molar-refractivity contribution >= 4 is 11.7 Å². The molecule has 0 fully saturated rings. The number of Topliss-reactive ketones (excluding diaryl/α,β-unsaturated/α-hetero) is 1. The van der Waals surface area contributed by atoms with Crippen molar-refractivity contribution in [2.24, 2.45) is 0 Å². The van der Waals surface area contributed by atoms with Crippen LogP contribution in [-0.4, -0.2) is 34.2 Å². The zero-order chi connectivity index (χ0) is 12.8. The molecule has 4 nitrogen and oxygen atoms in total. The van der Waals surface area contributed by atoms with Gasteiger partial charge in [-0.15, -0.1) is 0 Å². The van der Waals surface area contributed by atoms with Gasteiger partial charge in [0.2, 0.25) is 0 Å². The first-order valence-corrected chi connectivity index (χ1v) is 5.84. The predicted octanol–water partition coefficient (Wildman–Crippen LogP) is 1.91. The maximum Gasteiger partial charge on any atom is 0.273 e. The van der Waals surface area contributed by atoms with Gasteiger partial charge in [-0.2, -0.15) is 0 Å². The number of hydrogen-bond acceptors (Lipinski definition) is 3. The molecule has 0 radical (unpaired) electrons. The summed E-state index contributed by atoms with van der Waals surface area (Å²) < 4.78 is 0. The molecule has 1 atom stereocenters. The molecule has 0 saturated heterocycles. The molecule has 1 rings (SSSR count). The number of carbonyl (C=O) groups is 2. The first-order valence-electron chi connectivity index (χ1n) is 5.84. The molecule has 0 aliphatic carbocycles. The topological polar surface area (TPSA) is 50.3 Å². The lowest BCUT2D eigenvalue weighted by Crippen LogP contribution is -2.44. The average Bonchev–Trinajstić information content (AvgIpc) is 2.35. The summed E-state index contributed by atoms with van der Waals surface area (Å²) in [6, 6.07) is 4.84. The van der Waals surface area contributed by atoms with Crippen LogP contribution in [0.2, 0.25) is 0 Å². The molecule has 0 N–H and O–H groups in total. The largest absolute Gasteiger partial charge is 0.328 e. The summed E-state index contributed by atoms with van der Waals surface area (Å²) >= 11 is 0. The van der Waals surface area contributed by atoms with Crippen LogP contribution in [0.4, 0.5) is 0 Å². The van der Waals surface area contributed by atoms with Crippen molar-refractivity contribution in [1.29, 1.82) is 0 Å². The van der Waals surface area contributed by atoms with E-state index in [1.807, 2.05) is 13.8 Å². The first kappa shape index (κ1) is 13.4. The Morgan fingerprint density at radius 3 is 2.47 bits per heavy atom. The summed E-state index contributed by atoms with van der Waals surface area (Å²) in [7, 11) is 0. The van der Waals surface area contributed by atoms with Crippen molar-refractivity contribution in [3.05, 3.63) is 30.1 Å². The molecule has 4 heteroatoms. The van der Waals surface area contributed by atoms with Gasteiger partial charge in [-0.25, -0.2) is 0 Å². The fourth-order valence-electron chi connectivity index (χ4n) is 1.87. The Morgan fingerprint density at radius 2 is 2.06 bits per heavy atom. The molecule has 0 bridgehead atoms. The van der Waals surface area contributed by atoms with Crippen LogP contribution in [0.1, 0.15) is 37.7 Å². The monoisotopic (exact) mass is 234 g/mol.